The number of hydrogen-bond acceptors (Lipinski definition) is 5. The number of carbonyl (C=O) groups excluding carboxylic acids is 1. The summed E-state index contributed by atoms with van der Waals surface area (Å²) in [5, 5.41) is 10.3. The Bertz CT molecular complexity index is 576. The second-order valence-corrected chi connectivity index (χ2v) is 5.90. The fourth-order valence-electron chi connectivity index (χ4n) is 2.99. The Morgan fingerprint density at radius 2 is 1.96 bits per heavy atom. The summed E-state index contributed by atoms with van der Waals surface area (Å²) in [5.41, 5.74) is 3.12. The van der Waals surface area contributed by atoms with E-state index in [-0.39, 0.29) is 6.61 Å². The molecule has 8 heteroatoms. The number of hydrazine groups is 1. The maximum absolute atomic E-state index is 12.0. The zero-order chi connectivity index (χ0) is 18.3. The summed E-state index contributed by atoms with van der Waals surface area (Å²) in [6.07, 6.45) is 0.228. The van der Waals surface area contributed by atoms with Crippen LogP contribution in [0.15, 0.2) is 30.3 Å². The molecule has 1 atom stereocenters. The molecule has 2 rings (SSSR count). The Hall–Kier alpha value is -2.32. The van der Waals surface area contributed by atoms with Gasteiger partial charge in [0.25, 0.3) is 0 Å². The molecule has 1 aliphatic carbocycles. The van der Waals surface area contributed by atoms with Gasteiger partial charge in [-0.15, -0.1) is 0 Å². The maximum Gasteiger partial charge on any atom is 0.426 e. The summed E-state index contributed by atoms with van der Waals surface area (Å²) in [7, 11) is 3.05. The summed E-state index contributed by atoms with van der Waals surface area (Å²) in [6.45, 7) is 0.0604. The van der Waals surface area contributed by atoms with Crippen LogP contribution in [0.25, 0.3) is 0 Å². The largest absolute Gasteiger partial charge is 0.464 e. The number of nitrogens with one attached hydrogen (secondary N) is 1. The number of rotatable bonds is 5. The first-order valence-electron chi connectivity index (χ1n) is 8.09. The van der Waals surface area contributed by atoms with Crippen molar-refractivity contribution in [3.8, 4) is 0 Å². The van der Waals surface area contributed by atoms with Crippen LogP contribution >= 0.6 is 0 Å². The SMILES string of the molecule is COC1(OC)CCCC(N(NC(=O)OCc2ccccc2)C(=O)O)C1. The van der Waals surface area contributed by atoms with E-state index < -0.39 is 24.0 Å². The molecular formula is C17H24N2O6. The number of ether oxygens (including phenoxy) is 3. The van der Waals surface area contributed by atoms with E-state index >= 15 is 0 Å². The van der Waals surface area contributed by atoms with Crippen molar-refractivity contribution in [2.45, 2.75) is 44.1 Å². The van der Waals surface area contributed by atoms with Crippen molar-refractivity contribution < 1.29 is 28.9 Å². The summed E-state index contributed by atoms with van der Waals surface area (Å²) in [4.78, 5) is 23.5. The molecule has 8 nitrogen and oxygen atoms in total. The van der Waals surface area contributed by atoms with Gasteiger partial charge in [0, 0.05) is 27.1 Å². The van der Waals surface area contributed by atoms with Crippen molar-refractivity contribution in [1.29, 1.82) is 0 Å². The van der Waals surface area contributed by atoms with E-state index in [1.807, 2.05) is 30.3 Å². The van der Waals surface area contributed by atoms with Gasteiger partial charge in [0.05, 0.1) is 6.04 Å². The van der Waals surface area contributed by atoms with Crippen molar-refractivity contribution in [2.75, 3.05) is 14.2 Å². The highest BCUT2D eigenvalue weighted by atomic mass is 16.7. The third-order valence-electron chi connectivity index (χ3n) is 4.38. The van der Waals surface area contributed by atoms with Crippen LogP contribution in [0.4, 0.5) is 9.59 Å². The van der Waals surface area contributed by atoms with E-state index in [2.05, 4.69) is 5.43 Å². The Kier molecular flexibility index (Phi) is 6.60. The number of carbonyl (C=O) groups is 2. The van der Waals surface area contributed by atoms with Crippen molar-refractivity contribution >= 4 is 12.2 Å². The number of hydrogen-bond donors (Lipinski definition) is 2. The topological polar surface area (TPSA) is 97.3 Å². The predicted molar refractivity (Wildman–Crippen MR) is 88.6 cm³/mol. The predicted octanol–water partition coefficient (Wildman–Crippen LogP) is 2.74. The molecule has 1 saturated carbocycles. The number of nitrogens with zero attached hydrogens (tertiary/aromatic N) is 1. The number of carboxylic acid groups (broad SMARTS) is 1. The normalized spacial score (nSPS) is 19.0. The molecule has 1 aliphatic rings. The van der Waals surface area contributed by atoms with E-state index in [9.17, 15) is 14.7 Å². The Balaban J connectivity index is 1.95. The summed E-state index contributed by atoms with van der Waals surface area (Å²) in [6, 6.07) is 8.69. The molecule has 1 fully saturated rings. The van der Waals surface area contributed by atoms with Crippen LogP contribution in [0.2, 0.25) is 0 Å². The molecule has 1 aromatic rings. The second kappa shape index (κ2) is 8.68. The van der Waals surface area contributed by atoms with Crippen LogP contribution in [0.5, 0.6) is 0 Å². The monoisotopic (exact) mass is 352 g/mol. The van der Waals surface area contributed by atoms with E-state index in [1.54, 1.807) is 0 Å². The van der Waals surface area contributed by atoms with Gasteiger partial charge in [-0.2, -0.15) is 0 Å². The van der Waals surface area contributed by atoms with Crippen molar-refractivity contribution in [2.24, 2.45) is 0 Å². The minimum absolute atomic E-state index is 0.0604. The van der Waals surface area contributed by atoms with Gasteiger partial charge in [-0.3, -0.25) is 0 Å². The molecular weight excluding hydrogens is 328 g/mol. The minimum Gasteiger partial charge on any atom is -0.464 e. The quantitative estimate of drug-likeness (QED) is 0.625. The van der Waals surface area contributed by atoms with E-state index in [0.29, 0.717) is 19.3 Å². The molecule has 0 aromatic heterocycles. The van der Waals surface area contributed by atoms with E-state index in [0.717, 1.165) is 17.0 Å². The smallest absolute Gasteiger partial charge is 0.426 e. The third-order valence-corrected chi connectivity index (χ3v) is 4.38. The van der Waals surface area contributed by atoms with Gasteiger partial charge in [0.1, 0.15) is 6.61 Å². The Labute approximate surface area is 146 Å². The molecule has 0 radical (unpaired) electrons. The molecule has 2 N–H and O–H groups in total. The summed E-state index contributed by atoms with van der Waals surface area (Å²) < 4.78 is 15.9. The summed E-state index contributed by atoms with van der Waals surface area (Å²) in [5.74, 6) is -0.841. The molecule has 0 spiro atoms. The fraction of sp³-hybridized carbons (Fsp3) is 0.529. The standard InChI is InChI=1S/C17H24N2O6/c1-23-17(24-2)10-6-9-14(11-17)19(16(21)22)18-15(20)25-12-13-7-4-3-5-8-13/h3-5,7-8,14H,6,9-12H2,1-2H3,(H,18,20)(H,21,22). The highest BCUT2D eigenvalue weighted by Crippen LogP contribution is 2.33. The van der Waals surface area contributed by atoms with Crippen molar-refractivity contribution in [3.63, 3.8) is 0 Å². The lowest BCUT2D eigenvalue weighted by Gasteiger charge is -2.41. The van der Waals surface area contributed by atoms with Crippen LogP contribution in [-0.2, 0) is 20.8 Å². The third kappa shape index (κ3) is 5.07. The van der Waals surface area contributed by atoms with Gasteiger partial charge < -0.3 is 19.3 Å². The maximum atomic E-state index is 12.0. The Morgan fingerprint density at radius 1 is 1.28 bits per heavy atom. The lowest BCUT2D eigenvalue weighted by molar-refractivity contribution is -0.232. The average Bonchev–Trinajstić information content (AvgIpc) is 2.65. The van der Waals surface area contributed by atoms with Crippen molar-refractivity contribution in [3.05, 3.63) is 35.9 Å². The van der Waals surface area contributed by atoms with Crippen LogP contribution in [-0.4, -0.2) is 48.4 Å². The first-order valence-corrected chi connectivity index (χ1v) is 8.09. The summed E-state index contributed by atoms with van der Waals surface area (Å²) >= 11 is 0. The molecule has 138 valence electrons. The van der Waals surface area contributed by atoms with Crippen LogP contribution in [0.1, 0.15) is 31.2 Å². The van der Waals surface area contributed by atoms with E-state index in [4.69, 9.17) is 14.2 Å². The molecule has 0 aliphatic heterocycles. The highest BCUT2D eigenvalue weighted by molar-refractivity contribution is 5.73. The molecule has 0 bridgehead atoms. The molecule has 0 heterocycles. The number of benzene rings is 1. The Morgan fingerprint density at radius 3 is 2.56 bits per heavy atom. The van der Waals surface area contributed by atoms with E-state index in [1.165, 1.54) is 14.2 Å². The fourth-order valence-corrected chi connectivity index (χ4v) is 2.99. The zero-order valence-corrected chi connectivity index (χ0v) is 14.4. The first-order chi connectivity index (χ1) is 12.0. The number of methoxy groups -OCH3 is 2. The van der Waals surface area contributed by atoms with Crippen LogP contribution in [0.3, 0.4) is 0 Å². The first kappa shape index (κ1) is 19.0. The van der Waals surface area contributed by atoms with Crippen LogP contribution < -0.4 is 5.43 Å². The van der Waals surface area contributed by atoms with Gasteiger partial charge >= 0.3 is 12.2 Å². The minimum atomic E-state index is -1.26. The molecule has 1 aromatic carbocycles. The molecule has 2 amide bonds. The highest BCUT2D eigenvalue weighted by Gasteiger charge is 2.41. The van der Waals surface area contributed by atoms with Gasteiger partial charge in [0.2, 0.25) is 0 Å². The van der Waals surface area contributed by atoms with Gasteiger partial charge in [-0.1, -0.05) is 30.3 Å². The lowest BCUT2D eigenvalue weighted by Crippen LogP contribution is -2.56. The molecule has 1 unspecified atom stereocenters. The van der Waals surface area contributed by atoms with Crippen LogP contribution in [0, 0.1) is 0 Å². The van der Waals surface area contributed by atoms with Gasteiger partial charge in [-0.25, -0.2) is 20.0 Å². The zero-order valence-electron chi connectivity index (χ0n) is 14.4. The van der Waals surface area contributed by atoms with Gasteiger partial charge in [0.15, 0.2) is 5.79 Å². The second-order valence-electron chi connectivity index (χ2n) is 5.90. The molecule has 0 saturated heterocycles. The lowest BCUT2D eigenvalue weighted by atomic mass is 9.89. The average molecular weight is 352 g/mol. The number of amides is 2. The van der Waals surface area contributed by atoms with Crippen molar-refractivity contribution in [1.82, 2.24) is 10.4 Å². The molecule has 25 heavy (non-hydrogen) atoms. The van der Waals surface area contributed by atoms with Gasteiger partial charge in [-0.05, 0) is 18.4 Å².